The lowest BCUT2D eigenvalue weighted by Gasteiger charge is -2.35. The smallest absolute Gasteiger partial charge is 0.382 e. The third-order valence-electron chi connectivity index (χ3n) is 2.92. The number of thioether (sulfide) groups is 1. The van der Waals surface area contributed by atoms with Crippen molar-refractivity contribution in [2.45, 2.75) is 11.1 Å². The maximum absolute atomic E-state index is 12.3. The molecule has 0 spiro atoms. The maximum atomic E-state index is 12.3. The molecule has 0 bridgehead atoms. The van der Waals surface area contributed by atoms with Crippen LogP contribution in [-0.2, 0) is 0 Å². The van der Waals surface area contributed by atoms with Gasteiger partial charge in [0.05, 0.1) is 11.4 Å². The fourth-order valence-corrected chi connectivity index (χ4v) is 3.78. The topological polar surface area (TPSA) is 45.4 Å². The van der Waals surface area contributed by atoms with Gasteiger partial charge in [-0.05, 0) is 17.8 Å². The summed E-state index contributed by atoms with van der Waals surface area (Å²) in [6.45, 7) is 1.13. The largest absolute Gasteiger partial charge is 0.401 e. The molecule has 1 saturated heterocycles. The van der Waals surface area contributed by atoms with Crippen molar-refractivity contribution in [2.75, 3.05) is 49.6 Å². The third kappa shape index (κ3) is 3.67. The summed E-state index contributed by atoms with van der Waals surface area (Å²) >= 11 is 2.83. The lowest BCUT2D eigenvalue weighted by atomic mass is 10.3. The Morgan fingerprint density at radius 1 is 1.32 bits per heavy atom. The number of hydrogen-bond acceptors (Lipinski definition) is 6. The Balaban J connectivity index is 1.96. The Morgan fingerprint density at radius 3 is 2.47 bits per heavy atom. The van der Waals surface area contributed by atoms with Crippen LogP contribution in [0.1, 0.15) is 0 Å². The molecule has 2 N–H and O–H groups in total. The van der Waals surface area contributed by atoms with Crippen molar-refractivity contribution in [3.05, 3.63) is 0 Å². The van der Waals surface area contributed by atoms with Crippen LogP contribution in [0, 0.1) is 0 Å². The van der Waals surface area contributed by atoms with Crippen molar-refractivity contribution in [3.8, 4) is 0 Å². The Kier molecular flexibility index (Phi) is 4.46. The first-order chi connectivity index (χ1) is 8.90. The number of halogens is 3. The van der Waals surface area contributed by atoms with Gasteiger partial charge in [0.15, 0.2) is 5.82 Å². The highest BCUT2D eigenvalue weighted by molar-refractivity contribution is 7.99. The molecule has 0 aliphatic carbocycles. The predicted molar refractivity (Wildman–Crippen MR) is 73.0 cm³/mol. The van der Waals surface area contributed by atoms with Gasteiger partial charge in [0.25, 0.3) is 0 Å². The molecule has 19 heavy (non-hydrogen) atoms. The molecule has 1 aromatic rings. The van der Waals surface area contributed by atoms with E-state index in [1.165, 1.54) is 28.2 Å². The standard InChI is InChI=1S/C10H15F3N4S2/c1-18-7-8(14)15-19-9(7)17-4-2-16(3-5-17)6-10(11,12)13/h2-6H2,1H3,(H2,14,15). The second kappa shape index (κ2) is 5.76. The van der Waals surface area contributed by atoms with E-state index in [0.29, 0.717) is 32.0 Å². The molecule has 0 unspecified atom stereocenters. The zero-order valence-corrected chi connectivity index (χ0v) is 12.0. The highest BCUT2D eigenvalue weighted by Crippen LogP contribution is 2.37. The molecule has 1 aliphatic heterocycles. The Bertz CT molecular complexity index is 427. The Morgan fingerprint density at radius 2 is 1.95 bits per heavy atom. The first-order valence-electron chi connectivity index (χ1n) is 5.74. The number of nitrogens with two attached hydrogens (primary N) is 1. The average Bonchev–Trinajstić information content (AvgIpc) is 2.69. The van der Waals surface area contributed by atoms with E-state index in [1.807, 2.05) is 6.26 Å². The van der Waals surface area contributed by atoms with Crippen molar-refractivity contribution in [3.63, 3.8) is 0 Å². The van der Waals surface area contributed by atoms with Crippen LogP contribution in [0.4, 0.5) is 24.0 Å². The van der Waals surface area contributed by atoms with Crippen molar-refractivity contribution in [2.24, 2.45) is 0 Å². The van der Waals surface area contributed by atoms with Gasteiger partial charge < -0.3 is 10.6 Å². The minimum Gasteiger partial charge on any atom is -0.382 e. The molecular formula is C10H15F3N4S2. The molecule has 108 valence electrons. The highest BCUT2D eigenvalue weighted by atomic mass is 32.2. The summed E-state index contributed by atoms with van der Waals surface area (Å²) in [4.78, 5) is 4.42. The molecule has 1 fully saturated rings. The Labute approximate surface area is 117 Å². The zero-order valence-electron chi connectivity index (χ0n) is 10.4. The number of nitrogen functional groups attached to an aromatic ring is 1. The van der Waals surface area contributed by atoms with E-state index in [9.17, 15) is 13.2 Å². The van der Waals surface area contributed by atoms with Gasteiger partial charge in [-0.1, -0.05) is 0 Å². The van der Waals surface area contributed by atoms with Gasteiger partial charge in [-0.2, -0.15) is 17.5 Å². The molecule has 4 nitrogen and oxygen atoms in total. The minimum absolute atomic E-state index is 0.408. The van der Waals surface area contributed by atoms with Gasteiger partial charge in [-0.15, -0.1) is 11.8 Å². The number of piperazine rings is 1. The number of hydrogen-bond donors (Lipinski definition) is 1. The van der Waals surface area contributed by atoms with E-state index in [-0.39, 0.29) is 0 Å². The predicted octanol–water partition coefficient (Wildman–Crippen LogP) is 2.13. The van der Waals surface area contributed by atoms with Gasteiger partial charge >= 0.3 is 6.18 Å². The summed E-state index contributed by atoms with van der Waals surface area (Å²) in [6, 6.07) is 0. The average molecular weight is 312 g/mol. The van der Waals surface area contributed by atoms with Crippen molar-refractivity contribution < 1.29 is 13.2 Å². The molecule has 0 radical (unpaired) electrons. The van der Waals surface area contributed by atoms with Gasteiger partial charge in [-0.3, -0.25) is 4.90 Å². The van der Waals surface area contributed by atoms with Crippen LogP contribution >= 0.6 is 23.3 Å². The van der Waals surface area contributed by atoms with Crippen LogP contribution in [-0.4, -0.2) is 54.4 Å². The highest BCUT2D eigenvalue weighted by Gasteiger charge is 2.32. The van der Waals surface area contributed by atoms with Gasteiger partial charge in [-0.25, -0.2) is 0 Å². The number of anilines is 2. The SMILES string of the molecule is CSc1c(N)nsc1N1CCN(CC(F)(F)F)CC1. The molecule has 0 atom stereocenters. The molecule has 1 aliphatic rings. The number of nitrogens with zero attached hydrogens (tertiary/aromatic N) is 3. The van der Waals surface area contributed by atoms with Crippen molar-refractivity contribution >= 4 is 34.1 Å². The number of rotatable bonds is 3. The van der Waals surface area contributed by atoms with Crippen LogP contribution < -0.4 is 10.6 Å². The second-order valence-corrected chi connectivity index (χ2v) is 5.85. The van der Waals surface area contributed by atoms with E-state index in [2.05, 4.69) is 9.27 Å². The van der Waals surface area contributed by atoms with E-state index < -0.39 is 12.7 Å². The third-order valence-corrected chi connectivity index (χ3v) is 4.79. The van der Waals surface area contributed by atoms with E-state index in [0.717, 1.165) is 9.90 Å². The lowest BCUT2D eigenvalue weighted by Crippen LogP contribution is -2.49. The molecule has 2 heterocycles. The molecule has 9 heteroatoms. The van der Waals surface area contributed by atoms with Crippen LogP contribution in [0.25, 0.3) is 0 Å². The van der Waals surface area contributed by atoms with Gasteiger partial charge in [0.2, 0.25) is 0 Å². The maximum Gasteiger partial charge on any atom is 0.401 e. The van der Waals surface area contributed by atoms with Crippen LogP contribution in [0.3, 0.4) is 0 Å². The summed E-state index contributed by atoms with van der Waals surface area (Å²) in [6.07, 6.45) is -2.20. The molecular weight excluding hydrogens is 297 g/mol. The lowest BCUT2D eigenvalue weighted by molar-refractivity contribution is -0.146. The number of alkyl halides is 3. The second-order valence-electron chi connectivity index (χ2n) is 4.28. The van der Waals surface area contributed by atoms with E-state index in [1.54, 1.807) is 0 Å². The normalized spacial score (nSPS) is 18.0. The minimum atomic E-state index is -4.12. The summed E-state index contributed by atoms with van der Waals surface area (Å²) in [5, 5.41) is 0.969. The van der Waals surface area contributed by atoms with Crippen molar-refractivity contribution in [1.82, 2.24) is 9.27 Å². The fraction of sp³-hybridized carbons (Fsp3) is 0.700. The monoisotopic (exact) mass is 312 g/mol. The van der Waals surface area contributed by atoms with E-state index >= 15 is 0 Å². The summed E-state index contributed by atoms with van der Waals surface area (Å²) < 4.78 is 41.0. The number of aromatic nitrogens is 1. The zero-order chi connectivity index (χ0) is 14.0. The van der Waals surface area contributed by atoms with Crippen LogP contribution in [0.5, 0.6) is 0 Å². The summed E-state index contributed by atoms with van der Waals surface area (Å²) in [5.74, 6) is 0.505. The molecule has 0 aromatic carbocycles. The first-order valence-corrected chi connectivity index (χ1v) is 7.73. The summed E-state index contributed by atoms with van der Waals surface area (Å²) in [7, 11) is 0. The van der Waals surface area contributed by atoms with Crippen LogP contribution in [0.15, 0.2) is 4.90 Å². The first kappa shape index (κ1) is 14.7. The molecule has 0 saturated carbocycles. The van der Waals surface area contributed by atoms with Crippen molar-refractivity contribution in [1.29, 1.82) is 0 Å². The summed E-state index contributed by atoms with van der Waals surface area (Å²) in [5.41, 5.74) is 5.76. The Hall–Kier alpha value is -0.670. The molecule has 0 amide bonds. The van der Waals surface area contributed by atoms with Gasteiger partial charge in [0.1, 0.15) is 5.00 Å². The van der Waals surface area contributed by atoms with E-state index in [4.69, 9.17) is 5.73 Å². The molecule has 2 rings (SSSR count). The fourth-order valence-electron chi connectivity index (χ4n) is 2.04. The molecule has 1 aromatic heterocycles. The quantitative estimate of drug-likeness (QED) is 0.866. The van der Waals surface area contributed by atoms with Crippen LogP contribution in [0.2, 0.25) is 0 Å². The van der Waals surface area contributed by atoms with Gasteiger partial charge in [0, 0.05) is 26.2 Å².